The topological polar surface area (TPSA) is 85.1 Å². The van der Waals surface area contributed by atoms with Crippen LogP contribution in [0.5, 0.6) is 0 Å². The fourth-order valence-electron chi connectivity index (χ4n) is 5.55. The van der Waals surface area contributed by atoms with E-state index in [1.165, 1.54) is 6.42 Å². The summed E-state index contributed by atoms with van der Waals surface area (Å²) in [5, 5.41) is 3.25. The van der Waals surface area contributed by atoms with Gasteiger partial charge in [0.2, 0.25) is 5.91 Å². The minimum atomic E-state index is -0.407. The molecular weight excluding hydrogens is 358 g/mol. The molecule has 2 unspecified atom stereocenters. The number of pyridine rings is 1. The number of carbonyl (C=O) groups is 2. The Morgan fingerprint density at radius 2 is 1.96 bits per heavy atom. The summed E-state index contributed by atoms with van der Waals surface area (Å²) in [7, 11) is 0. The fourth-order valence-corrected chi connectivity index (χ4v) is 5.92. The first-order valence-corrected chi connectivity index (χ1v) is 8.93. The Bertz CT molecular complexity index is 676. The molecule has 6 heteroatoms. The second kappa shape index (κ2) is 5.03. The van der Waals surface area contributed by atoms with Crippen molar-refractivity contribution in [1.29, 1.82) is 0 Å². The average molecular weight is 378 g/mol. The van der Waals surface area contributed by atoms with E-state index >= 15 is 0 Å². The maximum Gasteiger partial charge on any atom is 0.251 e. The lowest BCUT2D eigenvalue weighted by molar-refractivity contribution is -0.146. The minimum absolute atomic E-state index is 0.0883. The zero-order chi connectivity index (χ0) is 16.2. The molecule has 1 heterocycles. The quantitative estimate of drug-likeness (QED) is 0.793. The summed E-state index contributed by atoms with van der Waals surface area (Å²) < 4.78 is 0.643. The zero-order valence-corrected chi connectivity index (χ0v) is 14.4. The van der Waals surface area contributed by atoms with Crippen LogP contribution in [0.2, 0.25) is 0 Å². The molecule has 3 N–H and O–H groups in total. The van der Waals surface area contributed by atoms with Crippen molar-refractivity contribution in [2.75, 3.05) is 0 Å². The number of nitrogens with zero attached hydrogens (tertiary/aromatic N) is 1. The molecule has 4 aliphatic carbocycles. The van der Waals surface area contributed by atoms with Crippen LogP contribution in [0.3, 0.4) is 0 Å². The lowest BCUT2D eigenvalue weighted by Crippen LogP contribution is -2.65. The first-order chi connectivity index (χ1) is 10.9. The molecule has 0 radical (unpaired) electrons. The maximum absolute atomic E-state index is 12.7. The molecule has 0 aromatic carbocycles. The highest BCUT2D eigenvalue weighted by molar-refractivity contribution is 9.10. The Morgan fingerprint density at radius 3 is 2.57 bits per heavy atom. The molecule has 4 bridgehead atoms. The molecule has 5 rings (SSSR count). The minimum Gasteiger partial charge on any atom is -0.369 e. The van der Waals surface area contributed by atoms with E-state index in [1.54, 1.807) is 18.3 Å². The van der Waals surface area contributed by atoms with Gasteiger partial charge in [0.15, 0.2) is 0 Å². The van der Waals surface area contributed by atoms with E-state index in [2.05, 4.69) is 26.2 Å². The lowest BCUT2D eigenvalue weighted by Gasteiger charge is -2.61. The molecule has 2 atom stereocenters. The number of carbonyl (C=O) groups excluding carboxylic acids is 2. The standard InChI is InChI=1S/C17H20BrN3O2/c18-13-4-12(1-2-20-13)14(22)21-17-7-10-3-11(8-17)6-16(5-10,9-17)15(19)23/h1-2,4,10-11H,3,5-9H2,(H2,19,23)(H,21,22). The van der Waals surface area contributed by atoms with Gasteiger partial charge in [0.1, 0.15) is 4.60 Å². The summed E-state index contributed by atoms with van der Waals surface area (Å²) in [6.45, 7) is 0. The van der Waals surface area contributed by atoms with Crippen molar-refractivity contribution in [2.24, 2.45) is 23.0 Å². The molecule has 122 valence electrons. The van der Waals surface area contributed by atoms with Crippen molar-refractivity contribution in [2.45, 2.75) is 44.1 Å². The molecule has 1 aromatic heterocycles. The van der Waals surface area contributed by atoms with Gasteiger partial charge in [-0.15, -0.1) is 0 Å². The summed E-state index contributed by atoms with van der Waals surface area (Å²) in [4.78, 5) is 28.8. The van der Waals surface area contributed by atoms with Crippen molar-refractivity contribution >= 4 is 27.7 Å². The predicted octanol–water partition coefficient (Wildman–Crippen LogP) is 2.40. The fraction of sp³-hybridized carbons (Fsp3) is 0.588. The average Bonchev–Trinajstić information content (AvgIpc) is 2.45. The number of aromatic nitrogens is 1. The van der Waals surface area contributed by atoms with Crippen LogP contribution in [0.1, 0.15) is 48.9 Å². The summed E-state index contributed by atoms with van der Waals surface area (Å²) in [6, 6.07) is 3.43. The SMILES string of the molecule is NC(=O)C12CC3CC(CC(NC(=O)c4ccnc(Br)c4)(C3)C1)C2. The van der Waals surface area contributed by atoms with Crippen LogP contribution in [-0.4, -0.2) is 22.3 Å². The number of amides is 2. The Hall–Kier alpha value is -1.43. The van der Waals surface area contributed by atoms with E-state index in [-0.39, 0.29) is 17.4 Å². The molecule has 4 aliphatic rings. The van der Waals surface area contributed by atoms with Crippen LogP contribution in [0.25, 0.3) is 0 Å². The molecule has 0 aliphatic heterocycles. The van der Waals surface area contributed by atoms with Crippen molar-refractivity contribution in [3.63, 3.8) is 0 Å². The van der Waals surface area contributed by atoms with E-state index < -0.39 is 5.41 Å². The zero-order valence-electron chi connectivity index (χ0n) is 12.8. The Labute approximate surface area is 143 Å². The van der Waals surface area contributed by atoms with E-state index in [4.69, 9.17) is 5.73 Å². The van der Waals surface area contributed by atoms with Gasteiger partial charge < -0.3 is 11.1 Å². The molecule has 4 fully saturated rings. The van der Waals surface area contributed by atoms with Crippen LogP contribution in [0.4, 0.5) is 0 Å². The largest absolute Gasteiger partial charge is 0.369 e. The summed E-state index contributed by atoms with van der Waals surface area (Å²) in [5.74, 6) is 0.744. The van der Waals surface area contributed by atoms with Gasteiger partial charge in [-0.3, -0.25) is 9.59 Å². The van der Waals surface area contributed by atoms with Crippen LogP contribution in [-0.2, 0) is 4.79 Å². The number of primary amides is 1. The second-order valence-corrected chi connectivity index (χ2v) is 8.52. The third-order valence-electron chi connectivity index (χ3n) is 5.95. The molecule has 5 nitrogen and oxygen atoms in total. The first-order valence-electron chi connectivity index (χ1n) is 8.14. The van der Waals surface area contributed by atoms with E-state index in [0.29, 0.717) is 28.4 Å². The molecule has 0 spiro atoms. The van der Waals surface area contributed by atoms with Gasteiger partial charge >= 0.3 is 0 Å². The lowest BCUT2D eigenvalue weighted by atomic mass is 9.46. The third-order valence-corrected chi connectivity index (χ3v) is 6.38. The van der Waals surface area contributed by atoms with Gasteiger partial charge in [-0.05, 0) is 78.4 Å². The predicted molar refractivity (Wildman–Crippen MR) is 88.4 cm³/mol. The van der Waals surface area contributed by atoms with Crippen molar-refractivity contribution in [3.8, 4) is 0 Å². The number of nitrogens with two attached hydrogens (primary N) is 1. The summed E-state index contributed by atoms with van der Waals surface area (Å²) in [6.07, 6.45) is 7.22. The normalized spacial score (nSPS) is 37.6. The number of rotatable bonds is 3. The Balaban J connectivity index is 1.61. The van der Waals surface area contributed by atoms with Gasteiger partial charge in [-0.1, -0.05) is 0 Å². The maximum atomic E-state index is 12.7. The van der Waals surface area contributed by atoms with Crippen LogP contribution >= 0.6 is 15.9 Å². The van der Waals surface area contributed by atoms with Crippen LogP contribution < -0.4 is 11.1 Å². The smallest absolute Gasteiger partial charge is 0.251 e. The number of nitrogens with one attached hydrogen (secondary N) is 1. The monoisotopic (exact) mass is 377 g/mol. The first kappa shape index (κ1) is 15.1. The van der Waals surface area contributed by atoms with Gasteiger partial charge in [0.25, 0.3) is 5.91 Å². The molecule has 0 saturated heterocycles. The van der Waals surface area contributed by atoms with E-state index in [1.807, 2.05) is 0 Å². The summed E-state index contributed by atoms with van der Waals surface area (Å²) in [5.41, 5.74) is 5.66. The Morgan fingerprint density at radius 1 is 1.26 bits per heavy atom. The molecule has 2 amide bonds. The second-order valence-electron chi connectivity index (χ2n) is 7.71. The van der Waals surface area contributed by atoms with Crippen molar-refractivity contribution in [1.82, 2.24) is 10.3 Å². The van der Waals surface area contributed by atoms with E-state index in [0.717, 1.165) is 25.7 Å². The Kier molecular flexibility index (Phi) is 3.31. The van der Waals surface area contributed by atoms with Crippen LogP contribution in [0.15, 0.2) is 22.9 Å². The van der Waals surface area contributed by atoms with Crippen molar-refractivity contribution < 1.29 is 9.59 Å². The van der Waals surface area contributed by atoms with Crippen LogP contribution in [0, 0.1) is 17.3 Å². The highest BCUT2D eigenvalue weighted by Crippen LogP contribution is 2.61. The number of halogens is 1. The van der Waals surface area contributed by atoms with Gasteiger partial charge in [0.05, 0.1) is 5.41 Å². The third kappa shape index (κ3) is 2.47. The highest BCUT2D eigenvalue weighted by Gasteiger charge is 2.60. The summed E-state index contributed by atoms with van der Waals surface area (Å²) >= 11 is 3.30. The van der Waals surface area contributed by atoms with Gasteiger partial charge in [-0.25, -0.2) is 4.98 Å². The number of hydrogen-bond donors (Lipinski definition) is 2. The molecule has 4 saturated carbocycles. The van der Waals surface area contributed by atoms with E-state index in [9.17, 15) is 9.59 Å². The van der Waals surface area contributed by atoms with Gasteiger partial charge in [0, 0.05) is 17.3 Å². The highest BCUT2D eigenvalue weighted by atomic mass is 79.9. The molecular formula is C17H20BrN3O2. The number of hydrogen-bond acceptors (Lipinski definition) is 3. The molecule has 1 aromatic rings. The van der Waals surface area contributed by atoms with Gasteiger partial charge in [-0.2, -0.15) is 0 Å². The van der Waals surface area contributed by atoms with Crippen molar-refractivity contribution in [3.05, 3.63) is 28.5 Å². The molecule has 23 heavy (non-hydrogen) atoms.